The molecule has 11 heteroatoms. The fourth-order valence-electron chi connectivity index (χ4n) is 2.53. The van der Waals surface area contributed by atoms with Gasteiger partial charge < -0.3 is 10.5 Å². The summed E-state index contributed by atoms with van der Waals surface area (Å²) in [6, 6.07) is 7.85. The molecule has 2 atom stereocenters. The van der Waals surface area contributed by atoms with Crippen molar-refractivity contribution in [1.29, 1.82) is 0 Å². The minimum Gasteiger partial charge on any atom is -0.497 e. The zero-order valence-corrected chi connectivity index (χ0v) is 17.5. The molecule has 1 aromatic carbocycles. The highest BCUT2D eigenvalue weighted by Gasteiger charge is 2.35. The van der Waals surface area contributed by atoms with Gasteiger partial charge in [0.05, 0.1) is 17.7 Å². The van der Waals surface area contributed by atoms with E-state index in [-0.39, 0.29) is 23.4 Å². The fraction of sp³-hybridized carbons (Fsp3) is 0.389. The van der Waals surface area contributed by atoms with E-state index in [0.29, 0.717) is 10.6 Å². The average Bonchev–Trinajstić information content (AvgIpc) is 2.99. The number of amidine groups is 1. The minimum atomic E-state index is -4.00. The van der Waals surface area contributed by atoms with Crippen molar-refractivity contribution in [3.05, 3.63) is 41.0 Å². The number of sulfone groups is 1. The Morgan fingerprint density at radius 3 is 2.45 bits per heavy atom. The Morgan fingerprint density at radius 2 is 1.90 bits per heavy atom. The van der Waals surface area contributed by atoms with E-state index in [4.69, 9.17) is 10.5 Å². The van der Waals surface area contributed by atoms with E-state index < -0.39 is 33.1 Å². The number of alkyl halides is 3. The molecule has 1 aromatic heterocycles. The van der Waals surface area contributed by atoms with Crippen molar-refractivity contribution in [2.24, 2.45) is 10.7 Å². The molecule has 2 aromatic rings. The van der Waals surface area contributed by atoms with Crippen LogP contribution in [0.1, 0.15) is 24.8 Å². The molecule has 3 rings (SSSR count). The van der Waals surface area contributed by atoms with Crippen LogP contribution in [0.4, 0.5) is 17.6 Å². The molecule has 2 N–H and O–H groups in total. The maximum atomic E-state index is 14.4. The first-order chi connectivity index (χ1) is 13.3. The molecule has 0 saturated carbocycles. The molecule has 29 heavy (non-hydrogen) atoms. The Morgan fingerprint density at radius 1 is 1.28 bits per heavy atom. The van der Waals surface area contributed by atoms with Gasteiger partial charge in [0.1, 0.15) is 28.7 Å². The summed E-state index contributed by atoms with van der Waals surface area (Å²) in [5, 5.41) is -0.824. The first-order valence-electron chi connectivity index (χ1n) is 8.37. The molecule has 1 aliphatic heterocycles. The highest BCUT2D eigenvalue weighted by Crippen LogP contribution is 2.38. The van der Waals surface area contributed by atoms with Gasteiger partial charge in [-0.1, -0.05) is 12.1 Å². The first-order valence-corrected chi connectivity index (χ1v) is 10.9. The molecule has 0 bridgehead atoms. The van der Waals surface area contributed by atoms with E-state index >= 15 is 0 Å². The number of methoxy groups -OCH3 is 1. The molecule has 0 aliphatic carbocycles. The van der Waals surface area contributed by atoms with Crippen molar-refractivity contribution in [2.45, 2.75) is 31.3 Å². The van der Waals surface area contributed by atoms with Gasteiger partial charge in [0.25, 0.3) is 0 Å². The van der Waals surface area contributed by atoms with Crippen molar-refractivity contribution in [3.63, 3.8) is 0 Å². The highest BCUT2D eigenvalue weighted by molar-refractivity contribution is 7.92. The van der Waals surface area contributed by atoms with Crippen LogP contribution in [0.15, 0.2) is 35.3 Å². The van der Waals surface area contributed by atoms with Gasteiger partial charge in [0, 0.05) is 11.8 Å². The van der Waals surface area contributed by atoms with Gasteiger partial charge in [-0.15, -0.1) is 11.3 Å². The second-order valence-corrected chi connectivity index (χ2v) is 9.83. The highest BCUT2D eigenvalue weighted by atomic mass is 32.2. The van der Waals surface area contributed by atoms with Crippen molar-refractivity contribution in [1.82, 2.24) is 0 Å². The van der Waals surface area contributed by atoms with Gasteiger partial charge in [-0.05, 0) is 30.7 Å². The SMILES string of the molecule is CC(F)(F)F.COc1cccc(-c2cc(F)c(C3CS(=O)(=O)C(C)C(N)=N3)s2)c1. The predicted molar refractivity (Wildman–Crippen MR) is 106 cm³/mol. The van der Waals surface area contributed by atoms with E-state index in [1.54, 1.807) is 19.2 Å². The van der Waals surface area contributed by atoms with E-state index in [1.165, 1.54) is 24.3 Å². The summed E-state index contributed by atoms with van der Waals surface area (Å²) >= 11 is 1.18. The molecule has 5 nitrogen and oxygen atoms in total. The van der Waals surface area contributed by atoms with Gasteiger partial charge in [0.15, 0.2) is 9.84 Å². The number of halogens is 4. The van der Waals surface area contributed by atoms with Crippen molar-refractivity contribution < 1.29 is 30.7 Å². The lowest BCUT2D eigenvalue weighted by Gasteiger charge is -2.23. The van der Waals surface area contributed by atoms with Crippen LogP contribution in [0.2, 0.25) is 0 Å². The standard InChI is InChI=1S/C16H17FN2O3S2.C2H3F3/c1-9-16(18)19-13(8-24(9,20)21)15-12(17)7-14(23-15)10-4-3-5-11(6-10)22-2;1-2(3,4)5/h3-7,9,13H,8H2,1-2H3,(H2,18,19);1H3. The molecule has 0 amide bonds. The smallest absolute Gasteiger partial charge is 0.386 e. The Bertz CT molecular complexity index is 995. The summed E-state index contributed by atoms with van der Waals surface area (Å²) in [5.41, 5.74) is 6.52. The van der Waals surface area contributed by atoms with Crippen LogP contribution < -0.4 is 10.5 Å². The number of nitrogens with zero attached hydrogens (tertiary/aromatic N) is 1. The van der Waals surface area contributed by atoms with Crippen LogP contribution in [-0.2, 0) is 9.84 Å². The summed E-state index contributed by atoms with van der Waals surface area (Å²) in [7, 11) is -1.87. The Balaban J connectivity index is 0.000000537. The van der Waals surface area contributed by atoms with E-state index in [0.717, 1.165) is 5.56 Å². The Kier molecular flexibility index (Phi) is 6.94. The minimum absolute atomic E-state index is 0.0296. The molecule has 160 valence electrons. The van der Waals surface area contributed by atoms with Crippen LogP contribution in [0.25, 0.3) is 10.4 Å². The topological polar surface area (TPSA) is 81.8 Å². The Hall–Kier alpha value is -2.14. The van der Waals surface area contributed by atoms with Crippen LogP contribution in [0, 0.1) is 5.82 Å². The van der Waals surface area contributed by atoms with Crippen LogP contribution in [0.3, 0.4) is 0 Å². The third-order valence-corrected chi connectivity index (χ3v) is 7.38. The lowest BCUT2D eigenvalue weighted by atomic mass is 10.1. The molecule has 2 heterocycles. The number of nitrogens with two attached hydrogens (primary N) is 1. The molecule has 0 radical (unpaired) electrons. The van der Waals surface area contributed by atoms with Gasteiger partial charge in [-0.2, -0.15) is 13.2 Å². The molecule has 2 unspecified atom stereocenters. The van der Waals surface area contributed by atoms with Crippen molar-refractivity contribution in [2.75, 3.05) is 12.9 Å². The second kappa shape index (κ2) is 8.70. The summed E-state index contributed by atoms with van der Waals surface area (Å²) in [4.78, 5) is 5.16. The second-order valence-electron chi connectivity index (χ2n) is 6.38. The zero-order valence-electron chi connectivity index (χ0n) is 15.8. The number of hydrogen-bond acceptors (Lipinski definition) is 6. The number of hydrogen-bond donors (Lipinski definition) is 1. The quantitative estimate of drug-likeness (QED) is 0.702. The van der Waals surface area contributed by atoms with E-state index in [2.05, 4.69) is 4.99 Å². The number of thiophene rings is 1. The summed E-state index contributed by atoms with van der Waals surface area (Å²) < 4.78 is 75.0. The van der Waals surface area contributed by atoms with Crippen LogP contribution in [-0.4, -0.2) is 38.5 Å². The van der Waals surface area contributed by atoms with E-state index in [1.807, 2.05) is 12.1 Å². The van der Waals surface area contributed by atoms with Gasteiger partial charge in [-0.25, -0.2) is 12.8 Å². The zero-order chi connectivity index (χ0) is 22.0. The van der Waals surface area contributed by atoms with Crippen molar-refractivity contribution in [3.8, 4) is 16.2 Å². The lowest BCUT2D eigenvalue weighted by molar-refractivity contribution is -0.110. The molecule has 1 aliphatic rings. The maximum Gasteiger partial charge on any atom is 0.386 e. The van der Waals surface area contributed by atoms with Crippen molar-refractivity contribution >= 4 is 27.0 Å². The van der Waals surface area contributed by atoms with Gasteiger partial charge in [-0.3, -0.25) is 4.99 Å². The molecule has 0 spiro atoms. The predicted octanol–water partition coefficient (Wildman–Crippen LogP) is 4.35. The summed E-state index contributed by atoms with van der Waals surface area (Å²) in [6.45, 7) is 1.68. The van der Waals surface area contributed by atoms with Gasteiger partial charge in [0.2, 0.25) is 0 Å². The average molecular weight is 452 g/mol. The number of ether oxygens (including phenoxy) is 1. The number of benzene rings is 1. The van der Waals surface area contributed by atoms with Crippen LogP contribution in [0.5, 0.6) is 5.75 Å². The lowest BCUT2D eigenvalue weighted by Crippen LogP contribution is -2.40. The number of rotatable bonds is 3. The molecule has 0 saturated heterocycles. The monoisotopic (exact) mass is 452 g/mol. The fourth-order valence-corrected chi connectivity index (χ4v) is 5.11. The van der Waals surface area contributed by atoms with Crippen LogP contribution >= 0.6 is 11.3 Å². The molecule has 0 fully saturated rings. The largest absolute Gasteiger partial charge is 0.497 e. The number of aliphatic imine (C=N–C) groups is 1. The molecular formula is C18H20F4N2O3S2. The first kappa shape index (κ1) is 23.1. The molecular weight excluding hydrogens is 432 g/mol. The van der Waals surface area contributed by atoms with E-state index in [9.17, 15) is 26.0 Å². The maximum absolute atomic E-state index is 14.4. The third-order valence-electron chi connectivity index (χ3n) is 4.02. The third kappa shape index (κ3) is 6.17. The summed E-state index contributed by atoms with van der Waals surface area (Å²) in [5.74, 6) is -0.00517. The Labute approximate surface area is 170 Å². The summed E-state index contributed by atoms with van der Waals surface area (Å²) in [6.07, 6.45) is -4.00. The normalized spacial score (nSPS) is 21.0. The van der Waals surface area contributed by atoms with Gasteiger partial charge >= 0.3 is 6.18 Å².